The van der Waals surface area contributed by atoms with Crippen molar-refractivity contribution >= 4 is 33.8 Å². The van der Waals surface area contributed by atoms with Crippen molar-refractivity contribution in [2.24, 2.45) is 5.10 Å². The molecule has 0 aliphatic carbocycles. The molecule has 0 bridgehead atoms. The van der Waals surface area contributed by atoms with Crippen molar-refractivity contribution in [1.29, 1.82) is 0 Å². The van der Waals surface area contributed by atoms with Crippen molar-refractivity contribution in [3.8, 4) is 17.2 Å². The van der Waals surface area contributed by atoms with Gasteiger partial charge in [-0.05, 0) is 99.8 Å². The summed E-state index contributed by atoms with van der Waals surface area (Å²) in [5.74, 6) is -0.0782. The third-order valence-electron chi connectivity index (χ3n) is 5.78. The number of rotatable bonds is 12. The molecule has 0 unspecified atom stereocenters. The number of carbonyl (C=O) groups is 2. The molecule has 0 fully saturated rings. The Morgan fingerprint density at radius 1 is 0.907 bits per heavy atom. The van der Waals surface area contributed by atoms with Gasteiger partial charge in [-0.1, -0.05) is 6.07 Å². The molecule has 12 heteroatoms. The van der Waals surface area contributed by atoms with Gasteiger partial charge in [0.1, 0.15) is 17.9 Å². The second-order valence-corrected chi connectivity index (χ2v) is 12.5. The Morgan fingerprint density at radius 3 is 2.12 bits per heavy atom. The minimum atomic E-state index is -4.21. The summed E-state index contributed by atoms with van der Waals surface area (Å²) in [6.07, 6.45) is 1.40. The summed E-state index contributed by atoms with van der Waals surface area (Å²) < 4.78 is 49.8. The van der Waals surface area contributed by atoms with Gasteiger partial charge in [0, 0.05) is 6.07 Å². The van der Waals surface area contributed by atoms with Crippen molar-refractivity contribution in [1.82, 2.24) is 5.43 Å². The zero-order valence-electron chi connectivity index (χ0n) is 25.3. The Balaban J connectivity index is 1.74. The number of methoxy groups -OCH3 is 2. The fourth-order valence-electron chi connectivity index (χ4n) is 4.02. The van der Waals surface area contributed by atoms with Crippen LogP contribution in [0.4, 0.5) is 5.69 Å². The number of esters is 1. The van der Waals surface area contributed by atoms with Crippen LogP contribution in [-0.2, 0) is 24.3 Å². The normalized spacial score (nSPS) is 11.6. The molecule has 0 heterocycles. The largest absolute Gasteiger partial charge is 0.493 e. The Bertz CT molecular complexity index is 1560. The van der Waals surface area contributed by atoms with E-state index in [-0.39, 0.29) is 17.3 Å². The number of carbonyl (C=O) groups excluding carboxylic acids is 2. The Morgan fingerprint density at radius 2 is 1.53 bits per heavy atom. The van der Waals surface area contributed by atoms with Crippen molar-refractivity contribution in [2.75, 3.05) is 31.7 Å². The van der Waals surface area contributed by atoms with E-state index in [4.69, 9.17) is 18.9 Å². The fraction of sp³-hybridized carbons (Fsp3) is 0.323. The molecule has 0 aliphatic heterocycles. The lowest BCUT2D eigenvalue weighted by Crippen LogP contribution is -2.39. The molecule has 0 saturated heterocycles. The Kier molecular flexibility index (Phi) is 10.8. The molecule has 0 atom stereocenters. The lowest BCUT2D eigenvalue weighted by molar-refractivity contribution is -0.157. The number of hydrogen-bond acceptors (Lipinski definition) is 9. The Labute approximate surface area is 252 Å². The van der Waals surface area contributed by atoms with Crippen LogP contribution in [-0.4, -0.2) is 59.5 Å². The minimum absolute atomic E-state index is 0.0745. The predicted octanol–water partition coefficient (Wildman–Crippen LogP) is 4.39. The molecular weight excluding hydrogens is 574 g/mol. The molecule has 0 radical (unpaired) electrons. The number of anilines is 1. The van der Waals surface area contributed by atoms with Gasteiger partial charge >= 0.3 is 5.97 Å². The SMILES string of the molecule is COc1ccc(S(=O)(=O)N(CC(=O)N/N=C\c2ccc(OCC(=O)OC(C)(C)C)cc2)c2cc(C)cc(C)c2)cc1OC. The first-order valence-electron chi connectivity index (χ1n) is 13.3. The van der Waals surface area contributed by atoms with E-state index in [1.807, 2.05) is 19.9 Å². The highest BCUT2D eigenvalue weighted by Gasteiger charge is 2.29. The van der Waals surface area contributed by atoms with Crippen LogP contribution < -0.4 is 23.9 Å². The summed E-state index contributed by atoms with van der Waals surface area (Å²) in [6.45, 7) is 8.24. The van der Waals surface area contributed by atoms with Crippen LogP contribution in [0.3, 0.4) is 0 Å². The molecular formula is C31H37N3O8S. The van der Waals surface area contributed by atoms with Crippen molar-refractivity contribution in [2.45, 2.75) is 45.1 Å². The number of hydrazone groups is 1. The molecule has 0 aliphatic rings. The smallest absolute Gasteiger partial charge is 0.344 e. The van der Waals surface area contributed by atoms with E-state index in [2.05, 4.69) is 10.5 Å². The molecule has 43 heavy (non-hydrogen) atoms. The lowest BCUT2D eigenvalue weighted by Gasteiger charge is -2.25. The van der Waals surface area contributed by atoms with Gasteiger partial charge in [-0.15, -0.1) is 0 Å². The summed E-state index contributed by atoms with van der Waals surface area (Å²) >= 11 is 0. The van der Waals surface area contributed by atoms with E-state index in [0.717, 1.165) is 15.4 Å². The highest BCUT2D eigenvalue weighted by Crippen LogP contribution is 2.32. The standard InChI is InChI=1S/C31H37N3O8S/c1-21-14-22(2)16-24(15-21)34(43(37,38)26-12-13-27(39-6)28(17-26)40-7)19-29(35)33-32-18-23-8-10-25(11-9-23)41-20-30(36)42-31(3,4)5/h8-18H,19-20H2,1-7H3,(H,33,35)/b32-18-. The third kappa shape index (κ3) is 9.47. The van der Waals surface area contributed by atoms with Crippen molar-refractivity contribution in [3.05, 3.63) is 77.4 Å². The first kappa shape index (κ1) is 32.9. The molecule has 3 aromatic carbocycles. The van der Waals surface area contributed by atoms with Gasteiger partial charge in [-0.3, -0.25) is 9.10 Å². The van der Waals surface area contributed by atoms with E-state index < -0.39 is 34.0 Å². The molecule has 0 aromatic heterocycles. The molecule has 0 spiro atoms. The first-order valence-corrected chi connectivity index (χ1v) is 14.8. The van der Waals surface area contributed by atoms with Crippen LogP contribution in [0.2, 0.25) is 0 Å². The van der Waals surface area contributed by atoms with Gasteiger partial charge < -0.3 is 18.9 Å². The van der Waals surface area contributed by atoms with E-state index in [0.29, 0.717) is 22.7 Å². The molecule has 11 nitrogen and oxygen atoms in total. The number of benzene rings is 3. The number of hydrogen-bond donors (Lipinski definition) is 1. The van der Waals surface area contributed by atoms with Gasteiger partial charge in [0.25, 0.3) is 15.9 Å². The van der Waals surface area contributed by atoms with E-state index in [1.165, 1.54) is 38.6 Å². The van der Waals surface area contributed by atoms with Crippen LogP contribution in [0.5, 0.6) is 17.2 Å². The van der Waals surface area contributed by atoms with E-state index in [1.54, 1.807) is 57.2 Å². The highest BCUT2D eigenvalue weighted by molar-refractivity contribution is 7.92. The highest BCUT2D eigenvalue weighted by atomic mass is 32.2. The molecule has 230 valence electrons. The average Bonchev–Trinajstić information content (AvgIpc) is 2.93. The summed E-state index contributed by atoms with van der Waals surface area (Å²) in [6, 6.07) is 16.2. The van der Waals surface area contributed by atoms with E-state index >= 15 is 0 Å². The number of nitrogens with zero attached hydrogens (tertiary/aromatic N) is 2. The van der Waals surface area contributed by atoms with E-state index in [9.17, 15) is 18.0 Å². The second-order valence-electron chi connectivity index (χ2n) is 10.6. The van der Waals surface area contributed by atoms with Crippen LogP contribution in [0.25, 0.3) is 0 Å². The minimum Gasteiger partial charge on any atom is -0.493 e. The number of amides is 1. The maximum Gasteiger partial charge on any atom is 0.344 e. The zero-order chi connectivity index (χ0) is 31.8. The summed E-state index contributed by atoms with van der Waals surface area (Å²) in [5, 5.41) is 3.97. The fourth-order valence-corrected chi connectivity index (χ4v) is 5.44. The van der Waals surface area contributed by atoms with Crippen LogP contribution in [0, 0.1) is 13.8 Å². The molecule has 0 saturated carbocycles. The lowest BCUT2D eigenvalue weighted by atomic mass is 10.1. The van der Waals surface area contributed by atoms with Crippen molar-refractivity contribution < 1.29 is 37.0 Å². The van der Waals surface area contributed by atoms with Gasteiger partial charge in [-0.25, -0.2) is 18.6 Å². The third-order valence-corrected chi connectivity index (χ3v) is 7.55. The van der Waals surface area contributed by atoms with Crippen LogP contribution in [0.15, 0.2) is 70.7 Å². The average molecular weight is 612 g/mol. The number of ether oxygens (including phenoxy) is 4. The molecule has 1 N–H and O–H groups in total. The zero-order valence-corrected chi connectivity index (χ0v) is 26.2. The van der Waals surface area contributed by atoms with Crippen LogP contribution >= 0.6 is 0 Å². The van der Waals surface area contributed by atoms with Gasteiger partial charge in [0.15, 0.2) is 18.1 Å². The van der Waals surface area contributed by atoms with Gasteiger partial charge in [0.05, 0.1) is 31.0 Å². The predicted molar refractivity (Wildman–Crippen MR) is 164 cm³/mol. The van der Waals surface area contributed by atoms with Gasteiger partial charge in [0.2, 0.25) is 0 Å². The second kappa shape index (κ2) is 14.1. The van der Waals surface area contributed by atoms with Crippen molar-refractivity contribution in [3.63, 3.8) is 0 Å². The molecule has 3 rings (SSSR count). The number of aryl methyl sites for hydroxylation is 2. The maximum absolute atomic E-state index is 13.8. The molecule has 3 aromatic rings. The summed E-state index contributed by atoms with van der Waals surface area (Å²) in [5.41, 5.74) is 4.41. The quantitative estimate of drug-likeness (QED) is 0.181. The maximum atomic E-state index is 13.8. The van der Waals surface area contributed by atoms with Crippen LogP contribution in [0.1, 0.15) is 37.5 Å². The summed E-state index contributed by atoms with van der Waals surface area (Å²) in [4.78, 5) is 24.7. The number of sulfonamides is 1. The monoisotopic (exact) mass is 611 g/mol. The number of nitrogens with one attached hydrogen (secondary N) is 1. The Hall–Kier alpha value is -4.58. The topological polar surface area (TPSA) is 133 Å². The summed E-state index contributed by atoms with van der Waals surface area (Å²) in [7, 11) is -1.35. The van der Waals surface area contributed by atoms with Gasteiger partial charge in [-0.2, -0.15) is 5.10 Å². The molecule has 1 amide bonds. The first-order chi connectivity index (χ1) is 20.2.